The molecule has 1 amide bonds. The minimum atomic E-state index is -3.59. The smallest absolute Gasteiger partial charge is 0.255 e. The van der Waals surface area contributed by atoms with Crippen molar-refractivity contribution in [2.24, 2.45) is 0 Å². The van der Waals surface area contributed by atoms with Crippen LogP contribution < -0.4 is 4.72 Å². The second-order valence-electron chi connectivity index (χ2n) is 5.19. The predicted molar refractivity (Wildman–Crippen MR) is 82.0 cm³/mol. The summed E-state index contributed by atoms with van der Waals surface area (Å²) < 4.78 is 25.9. The summed E-state index contributed by atoms with van der Waals surface area (Å²) in [5, 5.41) is 0.271. The molecule has 1 aliphatic rings. The third-order valence-electron chi connectivity index (χ3n) is 3.81. The second-order valence-corrected chi connectivity index (χ2v) is 7.49. The van der Waals surface area contributed by atoms with Crippen molar-refractivity contribution in [3.05, 3.63) is 28.8 Å². The molecule has 1 saturated heterocycles. The quantitative estimate of drug-likeness (QED) is 0.924. The molecule has 7 heteroatoms. The predicted octanol–water partition coefficient (Wildman–Crippen LogP) is 2.26. The summed E-state index contributed by atoms with van der Waals surface area (Å²) in [5.74, 6) is -0.208. The van der Waals surface area contributed by atoms with E-state index in [4.69, 9.17) is 11.6 Å². The maximum atomic E-state index is 12.6. The molecule has 116 valence electrons. The first-order valence-corrected chi connectivity index (χ1v) is 8.77. The minimum absolute atomic E-state index is 0.0439. The summed E-state index contributed by atoms with van der Waals surface area (Å²) in [5.41, 5.74) is 0.238. The van der Waals surface area contributed by atoms with Crippen LogP contribution in [0.15, 0.2) is 23.1 Å². The van der Waals surface area contributed by atoms with Crippen LogP contribution >= 0.6 is 11.6 Å². The third kappa shape index (κ3) is 3.39. The maximum absolute atomic E-state index is 12.6. The molecule has 0 bridgehead atoms. The lowest BCUT2D eigenvalue weighted by molar-refractivity contribution is 0.0635. The Morgan fingerprint density at radius 2 is 2.10 bits per heavy atom. The van der Waals surface area contributed by atoms with Crippen molar-refractivity contribution in [2.75, 3.05) is 13.6 Å². The average Bonchev–Trinajstić information content (AvgIpc) is 2.47. The van der Waals surface area contributed by atoms with Gasteiger partial charge in [-0.1, -0.05) is 11.6 Å². The van der Waals surface area contributed by atoms with E-state index in [0.717, 1.165) is 19.3 Å². The van der Waals surface area contributed by atoms with Gasteiger partial charge >= 0.3 is 0 Å². The van der Waals surface area contributed by atoms with Gasteiger partial charge in [-0.3, -0.25) is 4.79 Å². The Morgan fingerprint density at radius 3 is 2.71 bits per heavy atom. The zero-order valence-corrected chi connectivity index (χ0v) is 13.7. The lowest BCUT2D eigenvalue weighted by Crippen LogP contribution is -2.42. The van der Waals surface area contributed by atoms with Gasteiger partial charge < -0.3 is 4.90 Å². The van der Waals surface area contributed by atoms with Gasteiger partial charge in [-0.2, -0.15) is 0 Å². The summed E-state index contributed by atoms with van der Waals surface area (Å²) in [6.07, 6.45) is 3.02. The summed E-state index contributed by atoms with van der Waals surface area (Å²) in [6.45, 7) is 2.68. The van der Waals surface area contributed by atoms with E-state index < -0.39 is 10.0 Å². The average molecular weight is 331 g/mol. The van der Waals surface area contributed by atoms with E-state index >= 15 is 0 Å². The highest BCUT2D eigenvalue weighted by atomic mass is 35.5. The topological polar surface area (TPSA) is 66.5 Å². The van der Waals surface area contributed by atoms with E-state index in [9.17, 15) is 13.2 Å². The molecule has 0 radical (unpaired) electrons. The molecular formula is C14H19ClN2O3S. The number of piperidine rings is 1. The van der Waals surface area contributed by atoms with Crippen LogP contribution in [0.1, 0.15) is 36.5 Å². The summed E-state index contributed by atoms with van der Waals surface area (Å²) >= 11 is 6.09. The van der Waals surface area contributed by atoms with Gasteiger partial charge in [-0.05, 0) is 51.4 Å². The molecule has 1 N–H and O–H groups in total. The lowest BCUT2D eigenvalue weighted by atomic mass is 10.0. The van der Waals surface area contributed by atoms with Gasteiger partial charge in [-0.15, -0.1) is 0 Å². The van der Waals surface area contributed by atoms with Crippen LogP contribution in [0.3, 0.4) is 0 Å². The number of carbonyl (C=O) groups excluding carboxylic acids is 1. The molecule has 0 spiro atoms. The molecule has 1 aromatic rings. The molecule has 0 aromatic heterocycles. The van der Waals surface area contributed by atoms with Gasteiger partial charge in [0.2, 0.25) is 10.0 Å². The number of likely N-dealkylation sites (tertiary alicyclic amines) is 1. The molecule has 1 fully saturated rings. The number of rotatable bonds is 3. The number of hydrogen-bond donors (Lipinski definition) is 1. The summed E-state index contributed by atoms with van der Waals surface area (Å²) in [7, 11) is -2.26. The molecular weight excluding hydrogens is 312 g/mol. The van der Waals surface area contributed by atoms with E-state index in [2.05, 4.69) is 4.72 Å². The second kappa shape index (κ2) is 6.34. The SMILES string of the molecule is CNS(=O)(=O)c1ccc(Cl)c(C(=O)N2CCCC[C@@H]2C)c1. The Labute approximate surface area is 130 Å². The van der Waals surface area contributed by atoms with Crippen LogP contribution in [-0.4, -0.2) is 38.9 Å². The van der Waals surface area contributed by atoms with Gasteiger partial charge in [0, 0.05) is 12.6 Å². The van der Waals surface area contributed by atoms with Crippen molar-refractivity contribution in [3.63, 3.8) is 0 Å². The first-order valence-electron chi connectivity index (χ1n) is 6.91. The van der Waals surface area contributed by atoms with E-state index in [1.807, 2.05) is 6.92 Å². The Balaban J connectivity index is 2.39. The number of sulfonamides is 1. The number of nitrogens with one attached hydrogen (secondary N) is 1. The summed E-state index contributed by atoms with van der Waals surface area (Å²) in [4.78, 5) is 14.4. The molecule has 1 heterocycles. The van der Waals surface area contributed by atoms with Crippen molar-refractivity contribution < 1.29 is 13.2 Å². The molecule has 5 nitrogen and oxygen atoms in total. The molecule has 1 aromatic carbocycles. The number of nitrogens with zero attached hydrogens (tertiary/aromatic N) is 1. The highest BCUT2D eigenvalue weighted by Crippen LogP contribution is 2.25. The van der Waals surface area contributed by atoms with Crippen LogP contribution in [0.25, 0.3) is 0 Å². The highest BCUT2D eigenvalue weighted by Gasteiger charge is 2.26. The lowest BCUT2D eigenvalue weighted by Gasteiger charge is -2.33. The first kappa shape index (κ1) is 16.3. The molecule has 0 saturated carbocycles. The monoisotopic (exact) mass is 330 g/mol. The Bertz CT molecular complexity index is 646. The van der Waals surface area contributed by atoms with Gasteiger partial charge in [0.05, 0.1) is 15.5 Å². The van der Waals surface area contributed by atoms with Crippen LogP contribution in [0, 0.1) is 0 Å². The number of benzene rings is 1. The zero-order valence-electron chi connectivity index (χ0n) is 12.1. The molecule has 2 rings (SSSR count). The van der Waals surface area contributed by atoms with Crippen molar-refractivity contribution in [1.29, 1.82) is 0 Å². The standard InChI is InChI=1S/C14H19ClN2O3S/c1-10-5-3-4-8-17(10)14(18)12-9-11(6-7-13(12)15)21(19,20)16-2/h6-7,9-10,16H,3-5,8H2,1-2H3/t10-/m0/s1. The van der Waals surface area contributed by atoms with Gasteiger partial charge in [0.1, 0.15) is 0 Å². The fourth-order valence-electron chi connectivity index (χ4n) is 2.51. The van der Waals surface area contributed by atoms with Crippen molar-refractivity contribution in [1.82, 2.24) is 9.62 Å². The number of amides is 1. The molecule has 0 aliphatic carbocycles. The Kier molecular flexibility index (Phi) is 4.91. The fraction of sp³-hybridized carbons (Fsp3) is 0.500. The molecule has 21 heavy (non-hydrogen) atoms. The highest BCUT2D eigenvalue weighted by molar-refractivity contribution is 7.89. The van der Waals surface area contributed by atoms with Crippen molar-refractivity contribution in [3.8, 4) is 0 Å². The number of halogens is 1. The Hall–Kier alpha value is -1.11. The largest absolute Gasteiger partial charge is 0.336 e. The van der Waals surface area contributed by atoms with Crippen molar-refractivity contribution in [2.45, 2.75) is 37.1 Å². The zero-order chi connectivity index (χ0) is 15.6. The minimum Gasteiger partial charge on any atom is -0.336 e. The van der Waals surface area contributed by atoms with E-state index in [0.29, 0.717) is 6.54 Å². The van der Waals surface area contributed by atoms with Crippen LogP contribution in [-0.2, 0) is 10.0 Å². The first-order chi connectivity index (χ1) is 9.86. The van der Waals surface area contributed by atoms with Crippen molar-refractivity contribution >= 4 is 27.5 Å². The maximum Gasteiger partial charge on any atom is 0.255 e. The third-order valence-corrected chi connectivity index (χ3v) is 5.55. The van der Waals surface area contributed by atoms with Crippen LogP contribution in [0.4, 0.5) is 0 Å². The number of hydrogen-bond acceptors (Lipinski definition) is 3. The van der Waals surface area contributed by atoms with Gasteiger partial charge in [0.25, 0.3) is 5.91 Å². The molecule has 1 aliphatic heterocycles. The normalized spacial score (nSPS) is 19.6. The fourth-order valence-corrected chi connectivity index (χ4v) is 3.46. The van der Waals surface area contributed by atoms with Crippen LogP contribution in [0.5, 0.6) is 0 Å². The van der Waals surface area contributed by atoms with E-state index in [-0.39, 0.29) is 27.4 Å². The van der Waals surface area contributed by atoms with Crippen LogP contribution in [0.2, 0.25) is 5.02 Å². The number of carbonyl (C=O) groups is 1. The van der Waals surface area contributed by atoms with E-state index in [1.54, 1.807) is 4.90 Å². The summed E-state index contributed by atoms with van der Waals surface area (Å²) in [6, 6.07) is 4.34. The van der Waals surface area contributed by atoms with Gasteiger partial charge in [0.15, 0.2) is 0 Å². The van der Waals surface area contributed by atoms with Gasteiger partial charge in [-0.25, -0.2) is 13.1 Å². The molecule has 1 atom stereocenters. The van der Waals surface area contributed by atoms with E-state index in [1.165, 1.54) is 25.2 Å². The Morgan fingerprint density at radius 1 is 1.38 bits per heavy atom. The molecule has 0 unspecified atom stereocenters.